The van der Waals surface area contributed by atoms with Crippen LogP contribution >= 0.6 is 0 Å². The summed E-state index contributed by atoms with van der Waals surface area (Å²) in [5.74, 6) is -0.373. The van der Waals surface area contributed by atoms with Crippen LogP contribution in [0.1, 0.15) is 24.0 Å². The number of anilines is 1. The number of unbranched alkanes of at least 4 members (excludes halogenated alkanes) is 1. The summed E-state index contributed by atoms with van der Waals surface area (Å²) in [7, 11) is 0. The van der Waals surface area contributed by atoms with E-state index in [-0.39, 0.29) is 11.3 Å². The lowest BCUT2D eigenvalue weighted by Crippen LogP contribution is -2.19. The van der Waals surface area contributed by atoms with E-state index in [4.69, 9.17) is 4.74 Å². The second-order valence-corrected chi connectivity index (χ2v) is 6.44. The first-order chi connectivity index (χ1) is 14.0. The molecule has 0 bridgehead atoms. The molecular formula is C21H27F3N2O3. The molecular weight excluding hydrogens is 385 g/mol. The fourth-order valence-electron chi connectivity index (χ4n) is 2.70. The van der Waals surface area contributed by atoms with Gasteiger partial charge in [0.05, 0.1) is 13.2 Å². The Morgan fingerprint density at radius 1 is 0.931 bits per heavy atom. The summed E-state index contributed by atoms with van der Waals surface area (Å²) in [5.41, 5.74) is 1.97. The minimum Gasteiger partial charge on any atom is -0.405 e. The molecule has 0 fully saturated rings. The van der Waals surface area contributed by atoms with Gasteiger partial charge in [0.1, 0.15) is 5.75 Å². The molecule has 29 heavy (non-hydrogen) atoms. The van der Waals surface area contributed by atoms with Crippen LogP contribution in [0.2, 0.25) is 0 Å². The second kappa shape index (κ2) is 12.3. The molecule has 0 aliphatic rings. The van der Waals surface area contributed by atoms with E-state index in [0.29, 0.717) is 19.8 Å². The topological polar surface area (TPSA) is 62.8 Å². The van der Waals surface area contributed by atoms with Gasteiger partial charge in [0.25, 0.3) is 0 Å². The Morgan fingerprint density at radius 3 is 2.45 bits per heavy atom. The van der Waals surface area contributed by atoms with Gasteiger partial charge in [0, 0.05) is 30.9 Å². The molecule has 0 aliphatic carbocycles. The minimum absolute atomic E-state index is 0.110. The van der Waals surface area contributed by atoms with E-state index in [2.05, 4.69) is 15.4 Å². The smallest absolute Gasteiger partial charge is 0.405 e. The average Bonchev–Trinajstić information content (AvgIpc) is 2.70. The molecule has 3 N–H and O–H groups in total. The van der Waals surface area contributed by atoms with Gasteiger partial charge in [-0.25, -0.2) is 0 Å². The molecule has 0 amide bonds. The first kappa shape index (κ1) is 23.0. The standard InChI is InChI=1S/C21H27F3N2O3/c22-21(23,24)29-20-9-8-17(14-18(20)16-27)15-25-10-4-5-12-28-13-11-26-19-6-2-1-3-7-19/h1-3,6-9,14,25-27H,4-5,10-13,15-16H2. The summed E-state index contributed by atoms with van der Waals surface area (Å²) in [6, 6.07) is 14.2. The summed E-state index contributed by atoms with van der Waals surface area (Å²) in [6.07, 6.45) is -2.93. The summed E-state index contributed by atoms with van der Waals surface area (Å²) >= 11 is 0. The number of para-hydroxylation sites is 1. The van der Waals surface area contributed by atoms with Crippen molar-refractivity contribution < 1.29 is 27.8 Å². The molecule has 0 aliphatic heterocycles. The van der Waals surface area contributed by atoms with E-state index in [1.54, 1.807) is 6.07 Å². The van der Waals surface area contributed by atoms with Crippen LogP contribution in [0.5, 0.6) is 5.75 Å². The normalized spacial score (nSPS) is 11.4. The average molecular weight is 412 g/mol. The highest BCUT2D eigenvalue weighted by Crippen LogP contribution is 2.27. The Balaban J connectivity index is 1.54. The molecule has 160 valence electrons. The number of hydrogen-bond donors (Lipinski definition) is 3. The van der Waals surface area contributed by atoms with Crippen LogP contribution in [-0.2, 0) is 17.9 Å². The van der Waals surface area contributed by atoms with Crippen molar-refractivity contribution in [2.24, 2.45) is 0 Å². The largest absolute Gasteiger partial charge is 0.573 e. The number of ether oxygens (including phenoxy) is 2. The first-order valence-electron chi connectivity index (χ1n) is 9.54. The van der Waals surface area contributed by atoms with Crippen LogP contribution in [0.4, 0.5) is 18.9 Å². The maximum absolute atomic E-state index is 12.3. The van der Waals surface area contributed by atoms with Gasteiger partial charge in [-0.2, -0.15) is 0 Å². The number of nitrogens with one attached hydrogen (secondary N) is 2. The lowest BCUT2D eigenvalue weighted by atomic mass is 10.1. The molecule has 2 aromatic carbocycles. The van der Waals surface area contributed by atoms with Crippen molar-refractivity contribution in [2.75, 3.05) is 31.6 Å². The number of rotatable bonds is 13. The number of aliphatic hydroxyl groups is 1. The predicted octanol–water partition coefficient (Wildman–Crippen LogP) is 4.08. The highest BCUT2D eigenvalue weighted by Gasteiger charge is 2.32. The van der Waals surface area contributed by atoms with Crippen molar-refractivity contribution in [3.8, 4) is 5.75 Å². The van der Waals surface area contributed by atoms with Gasteiger partial charge < -0.3 is 25.2 Å². The molecule has 2 rings (SSSR count). The summed E-state index contributed by atoms with van der Waals surface area (Å²) in [6.45, 7) is 2.82. The summed E-state index contributed by atoms with van der Waals surface area (Å²) < 4.78 is 46.5. The molecule has 0 saturated heterocycles. The van der Waals surface area contributed by atoms with Gasteiger partial charge in [0.15, 0.2) is 0 Å². The molecule has 0 unspecified atom stereocenters. The molecule has 0 radical (unpaired) electrons. The molecule has 0 atom stereocenters. The Kier molecular flexibility index (Phi) is 9.76. The number of aliphatic hydroxyl groups excluding tert-OH is 1. The number of benzene rings is 2. The van der Waals surface area contributed by atoms with Crippen LogP contribution in [0.25, 0.3) is 0 Å². The van der Waals surface area contributed by atoms with Crippen LogP contribution in [-0.4, -0.2) is 37.8 Å². The van der Waals surface area contributed by atoms with Crippen LogP contribution in [0.15, 0.2) is 48.5 Å². The van der Waals surface area contributed by atoms with Gasteiger partial charge in [-0.1, -0.05) is 24.3 Å². The van der Waals surface area contributed by atoms with Gasteiger partial charge in [-0.3, -0.25) is 0 Å². The van der Waals surface area contributed by atoms with E-state index in [1.165, 1.54) is 12.1 Å². The quantitative estimate of drug-likeness (QED) is 0.433. The van der Waals surface area contributed by atoms with E-state index < -0.39 is 13.0 Å². The highest BCUT2D eigenvalue weighted by atomic mass is 19.4. The van der Waals surface area contributed by atoms with Crippen LogP contribution in [0, 0.1) is 0 Å². The van der Waals surface area contributed by atoms with Gasteiger partial charge in [0.2, 0.25) is 0 Å². The van der Waals surface area contributed by atoms with Crippen molar-refractivity contribution in [2.45, 2.75) is 32.4 Å². The van der Waals surface area contributed by atoms with Crippen molar-refractivity contribution >= 4 is 5.69 Å². The predicted molar refractivity (Wildman–Crippen MR) is 106 cm³/mol. The molecule has 8 heteroatoms. The summed E-state index contributed by atoms with van der Waals surface area (Å²) in [4.78, 5) is 0. The molecule has 5 nitrogen and oxygen atoms in total. The van der Waals surface area contributed by atoms with Crippen LogP contribution < -0.4 is 15.4 Å². The van der Waals surface area contributed by atoms with Crippen molar-refractivity contribution in [1.29, 1.82) is 0 Å². The molecule has 0 aromatic heterocycles. The van der Waals surface area contributed by atoms with Crippen molar-refractivity contribution in [3.63, 3.8) is 0 Å². The lowest BCUT2D eigenvalue weighted by Gasteiger charge is -2.13. The minimum atomic E-state index is -4.77. The van der Waals surface area contributed by atoms with Gasteiger partial charge in [-0.05, 0) is 49.2 Å². The Morgan fingerprint density at radius 2 is 1.72 bits per heavy atom. The Hall–Kier alpha value is -2.29. The SMILES string of the molecule is OCc1cc(CNCCCCOCCNc2ccccc2)ccc1OC(F)(F)F. The first-order valence-corrected chi connectivity index (χ1v) is 9.54. The highest BCUT2D eigenvalue weighted by molar-refractivity contribution is 5.42. The Labute approximate surface area is 168 Å². The van der Waals surface area contributed by atoms with E-state index in [1.807, 2.05) is 30.3 Å². The molecule has 2 aromatic rings. The molecule has 0 heterocycles. The van der Waals surface area contributed by atoms with Gasteiger partial charge >= 0.3 is 6.36 Å². The third kappa shape index (κ3) is 9.65. The zero-order valence-corrected chi connectivity index (χ0v) is 16.2. The third-order valence-electron chi connectivity index (χ3n) is 4.09. The monoisotopic (exact) mass is 412 g/mol. The molecule has 0 saturated carbocycles. The van der Waals surface area contributed by atoms with E-state index >= 15 is 0 Å². The number of alkyl halides is 3. The third-order valence-corrected chi connectivity index (χ3v) is 4.09. The van der Waals surface area contributed by atoms with E-state index in [0.717, 1.165) is 37.2 Å². The maximum Gasteiger partial charge on any atom is 0.573 e. The number of halogens is 3. The fourth-order valence-corrected chi connectivity index (χ4v) is 2.70. The fraction of sp³-hybridized carbons (Fsp3) is 0.429. The lowest BCUT2D eigenvalue weighted by molar-refractivity contribution is -0.275. The van der Waals surface area contributed by atoms with Crippen molar-refractivity contribution in [3.05, 3.63) is 59.7 Å². The van der Waals surface area contributed by atoms with Crippen molar-refractivity contribution in [1.82, 2.24) is 5.32 Å². The van der Waals surface area contributed by atoms with Gasteiger partial charge in [-0.15, -0.1) is 13.2 Å². The number of hydrogen-bond acceptors (Lipinski definition) is 5. The second-order valence-electron chi connectivity index (χ2n) is 6.44. The van der Waals surface area contributed by atoms with E-state index in [9.17, 15) is 18.3 Å². The molecule has 0 spiro atoms. The Bertz CT molecular complexity index is 712. The summed E-state index contributed by atoms with van der Waals surface area (Å²) in [5, 5.41) is 15.8. The zero-order chi connectivity index (χ0) is 21.0. The van der Waals surface area contributed by atoms with Crippen LogP contribution in [0.3, 0.4) is 0 Å². The zero-order valence-electron chi connectivity index (χ0n) is 16.2. The maximum atomic E-state index is 12.3.